The minimum Gasteiger partial charge on any atom is -0.466 e. The van der Waals surface area contributed by atoms with Crippen LogP contribution in [0.2, 0.25) is 0 Å². The van der Waals surface area contributed by atoms with E-state index in [0.29, 0.717) is 13.2 Å². The molecule has 2 unspecified atom stereocenters. The van der Waals surface area contributed by atoms with E-state index >= 15 is 0 Å². The van der Waals surface area contributed by atoms with Crippen molar-refractivity contribution in [2.75, 3.05) is 52.9 Å². The minimum atomic E-state index is -0.0663. The van der Waals surface area contributed by atoms with Gasteiger partial charge in [0.15, 0.2) is 5.96 Å². The van der Waals surface area contributed by atoms with E-state index in [9.17, 15) is 4.79 Å². The highest BCUT2D eigenvalue weighted by Gasteiger charge is 2.28. The second-order valence-corrected chi connectivity index (χ2v) is 7.77. The summed E-state index contributed by atoms with van der Waals surface area (Å²) < 4.78 is 5.19. The maximum Gasteiger partial charge on any atom is 0.310 e. The molecule has 0 aromatic rings. The fourth-order valence-corrected chi connectivity index (χ4v) is 4.10. The Morgan fingerprint density at radius 2 is 2.00 bits per heavy atom. The second kappa shape index (κ2) is 11.4. The molecular weight excluding hydrogens is 328 g/mol. The van der Waals surface area contributed by atoms with Crippen LogP contribution in [-0.2, 0) is 9.53 Å². The predicted molar refractivity (Wildman–Crippen MR) is 106 cm³/mol. The Labute approximate surface area is 159 Å². The van der Waals surface area contributed by atoms with Crippen LogP contribution in [0.25, 0.3) is 0 Å². The molecule has 26 heavy (non-hydrogen) atoms. The van der Waals surface area contributed by atoms with Gasteiger partial charge in [0, 0.05) is 33.2 Å². The Bertz CT molecular complexity index is 455. The SMILES string of the molecule is CCOC(=O)C1CCCN(C(=NC)NCCCCN2CCCC(C)C2)C1. The summed E-state index contributed by atoms with van der Waals surface area (Å²) in [6, 6.07) is 0. The van der Waals surface area contributed by atoms with Crippen molar-refractivity contribution in [3.63, 3.8) is 0 Å². The molecule has 2 heterocycles. The van der Waals surface area contributed by atoms with Crippen LogP contribution in [0.15, 0.2) is 4.99 Å². The molecule has 1 N–H and O–H groups in total. The van der Waals surface area contributed by atoms with Gasteiger partial charge in [0.25, 0.3) is 0 Å². The first-order valence-electron chi connectivity index (χ1n) is 10.5. The Morgan fingerprint density at radius 3 is 2.73 bits per heavy atom. The quantitative estimate of drug-likeness (QED) is 0.324. The lowest BCUT2D eigenvalue weighted by atomic mass is 9.98. The van der Waals surface area contributed by atoms with Gasteiger partial charge < -0.3 is 19.9 Å². The van der Waals surface area contributed by atoms with Gasteiger partial charge in [0.2, 0.25) is 0 Å². The van der Waals surface area contributed by atoms with E-state index in [0.717, 1.165) is 44.2 Å². The third kappa shape index (κ3) is 6.78. The van der Waals surface area contributed by atoms with Crippen LogP contribution >= 0.6 is 0 Å². The minimum absolute atomic E-state index is 0.0247. The Balaban J connectivity index is 1.66. The number of guanidine groups is 1. The summed E-state index contributed by atoms with van der Waals surface area (Å²) in [7, 11) is 1.82. The van der Waals surface area contributed by atoms with Gasteiger partial charge in [-0.1, -0.05) is 6.92 Å². The molecule has 2 atom stereocenters. The number of piperidine rings is 2. The molecule has 2 saturated heterocycles. The number of aliphatic imine (C=N–C) groups is 1. The van der Waals surface area contributed by atoms with Gasteiger partial charge in [-0.15, -0.1) is 0 Å². The van der Waals surface area contributed by atoms with Crippen LogP contribution in [0, 0.1) is 11.8 Å². The van der Waals surface area contributed by atoms with Crippen molar-refractivity contribution < 1.29 is 9.53 Å². The van der Waals surface area contributed by atoms with Crippen molar-refractivity contribution in [3.8, 4) is 0 Å². The van der Waals surface area contributed by atoms with Crippen molar-refractivity contribution in [1.29, 1.82) is 0 Å². The lowest BCUT2D eigenvalue weighted by Crippen LogP contribution is -2.48. The number of nitrogens with zero attached hydrogens (tertiary/aromatic N) is 3. The number of ether oxygens (including phenoxy) is 1. The van der Waals surface area contributed by atoms with Gasteiger partial charge in [-0.05, 0) is 64.5 Å². The summed E-state index contributed by atoms with van der Waals surface area (Å²) >= 11 is 0. The van der Waals surface area contributed by atoms with Crippen molar-refractivity contribution in [2.24, 2.45) is 16.8 Å². The van der Waals surface area contributed by atoms with Crippen LogP contribution in [0.5, 0.6) is 0 Å². The smallest absolute Gasteiger partial charge is 0.310 e. The number of unbranched alkanes of at least 4 members (excludes halogenated alkanes) is 1. The van der Waals surface area contributed by atoms with Gasteiger partial charge in [0.1, 0.15) is 0 Å². The van der Waals surface area contributed by atoms with Gasteiger partial charge in [-0.2, -0.15) is 0 Å². The molecule has 2 rings (SSSR count). The molecule has 2 aliphatic rings. The first-order valence-corrected chi connectivity index (χ1v) is 10.5. The molecule has 6 heteroatoms. The van der Waals surface area contributed by atoms with Crippen LogP contribution in [0.1, 0.15) is 52.4 Å². The summed E-state index contributed by atoms with van der Waals surface area (Å²) in [4.78, 5) is 21.2. The zero-order valence-corrected chi connectivity index (χ0v) is 17.0. The van der Waals surface area contributed by atoms with Crippen LogP contribution in [-0.4, -0.2) is 74.7 Å². The fraction of sp³-hybridized carbons (Fsp3) is 0.900. The normalized spacial score (nSPS) is 25.2. The average Bonchev–Trinajstić information content (AvgIpc) is 2.65. The first-order chi connectivity index (χ1) is 12.6. The van der Waals surface area contributed by atoms with Gasteiger partial charge in [0.05, 0.1) is 12.5 Å². The summed E-state index contributed by atoms with van der Waals surface area (Å²) in [5, 5.41) is 3.48. The number of likely N-dealkylation sites (tertiary alicyclic amines) is 2. The molecule has 0 radical (unpaired) electrons. The molecule has 2 aliphatic heterocycles. The summed E-state index contributed by atoms with van der Waals surface area (Å²) in [5.74, 6) is 1.68. The van der Waals surface area contributed by atoms with Crippen molar-refractivity contribution in [3.05, 3.63) is 0 Å². The molecule has 2 fully saturated rings. The molecule has 150 valence electrons. The largest absolute Gasteiger partial charge is 0.466 e. The van der Waals surface area contributed by atoms with Gasteiger partial charge >= 0.3 is 5.97 Å². The third-order valence-corrected chi connectivity index (χ3v) is 5.48. The monoisotopic (exact) mass is 366 g/mol. The summed E-state index contributed by atoms with van der Waals surface area (Å²) in [6.07, 6.45) is 7.04. The Kier molecular flexibility index (Phi) is 9.23. The molecule has 0 spiro atoms. The summed E-state index contributed by atoms with van der Waals surface area (Å²) in [5.41, 5.74) is 0. The summed E-state index contributed by atoms with van der Waals surface area (Å²) in [6.45, 7) is 11.0. The molecule has 0 aromatic heterocycles. The number of hydrogen-bond acceptors (Lipinski definition) is 4. The molecule has 0 aromatic carbocycles. The molecule has 0 amide bonds. The zero-order chi connectivity index (χ0) is 18.8. The lowest BCUT2D eigenvalue weighted by Gasteiger charge is -2.34. The highest BCUT2D eigenvalue weighted by molar-refractivity contribution is 5.81. The fourth-order valence-electron chi connectivity index (χ4n) is 4.10. The number of esters is 1. The highest BCUT2D eigenvalue weighted by atomic mass is 16.5. The van der Waals surface area contributed by atoms with Crippen molar-refractivity contribution >= 4 is 11.9 Å². The van der Waals surface area contributed by atoms with Crippen molar-refractivity contribution in [1.82, 2.24) is 15.1 Å². The van der Waals surface area contributed by atoms with E-state index < -0.39 is 0 Å². The first kappa shape index (κ1) is 21.0. The maximum atomic E-state index is 12.0. The maximum absolute atomic E-state index is 12.0. The number of nitrogens with one attached hydrogen (secondary N) is 1. The number of hydrogen-bond donors (Lipinski definition) is 1. The molecule has 0 saturated carbocycles. The number of carbonyl (C=O) groups excluding carboxylic acids is 1. The standard InChI is InChI=1S/C20H38N4O2/c1-4-26-19(25)18-10-8-14-24(16-18)20(21-3)22-11-5-6-12-23-13-7-9-17(2)15-23/h17-18H,4-16H2,1-3H3,(H,21,22). The van der Waals surface area contributed by atoms with Crippen LogP contribution in [0.3, 0.4) is 0 Å². The molecule has 6 nitrogen and oxygen atoms in total. The highest BCUT2D eigenvalue weighted by Crippen LogP contribution is 2.18. The second-order valence-electron chi connectivity index (χ2n) is 7.77. The third-order valence-electron chi connectivity index (χ3n) is 5.48. The predicted octanol–water partition coefficient (Wildman–Crippen LogP) is 2.35. The van der Waals surface area contributed by atoms with E-state index in [-0.39, 0.29) is 11.9 Å². The van der Waals surface area contributed by atoms with Gasteiger partial charge in [-0.25, -0.2) is 0 Å². The Morgan fingerprint density at radius 1 is 1.19 bits per heavy atom. The zero-order valence-electron chi connectivity index (χ0n) is 17.0. The van der Waals surface area contributed by atoms with Crippen LogP contribution < -0.4 is 5.32 Å². The number of carbonyl (C=O) groups is 1. The van der Waals surface area contributed by atoms with E-state index in [1.807, 2.05) is 14.0 Å². The molecule has 0 bridgehead atoms. The van der Waals surface area contributed by atoms with E-state index in [1.165, 1.54) is 38.9 Å². The van der Waals surface area contributed by atoms with E-state index in [2.05, 4.69) is 27.0 Å². The molecule has 0 aliphatic carbocycles. The average molecular weight is 367 g/mol. The van der Waals surface area contributed by atoms with Gasteiger partial charge in [-0.3, -0.25) is 9.79 Å². The molecular formula is C20H38N4O2. The van der Waals surface area contributed by atoms with E-state index in [1.54, 1.807) is 0 Å². The van der Waals surface area contributed by atoms with Crippen LogP contribution in [0.4, 0.5) is 0 Å². The van der Waals surface area contributed by atoms with E-state index in [4.69, 9.17) is 4.74 Å². The topological polar surface area (TPSA) is 57.2 Å². The lowest BCUT2D eigenvalue weighted by molar-refractivity contribution is -0.149. The number of rotatable bonds is 7. The van der Waals surface area contributed by atoms with Crippen molar-refractivity contribution in [2.45, 2.75) is 52.4 Å². The Hall–Kier alpha value is -1.30.